The van der Waals surface area contributed by atoms with Crippen LogP contribution in [0.25, 0.3) is 0 Å². The zero-order valence-corrected chi connectivity index (χ0v) is 14.1. The summed E-state index contributed by atoms with van der Waals surface area (Å²) in [5, 5.41) is 0. The molecule has 0 unspecified atom stereocenters. The number of piperazine rings is 2. The van der Waals surface area contributed by atoms with Crippen LogP contribution in [-0.2, 0) is 9.59 Å². The summed E-state index contributed by atoms with van der Waals surface area (Å²) in [6, 6.07) is 10.5. The molecular formula is C18H26N4O2. The molecule has 130 valence electrons. The summed E-state index contributed by atoms with van der Waals surface area (Å²) in [6.07, 6.45) is 1.44. The van der Waals surface area contributed by atoms with Crippen molar-refractivity contribution in [2.24, 2.45) is 0 Å². The predicted molar refractivity (Wildman–Crippen MR) is 93.9 cm³/mol. The monoisotopic (exact) mass is 330 g/mol. The van der Waals surface area contributed by atoms with E-state index < -0.39 is 0 Å². The molecule has 1 aromatic carbocycles. The first-order valence-corrected chi connectivity index (χ1v) is 8.76. The molecule has 0 aliphatic carbocycles. The second-order valence-electron chi connectivity index (χ2n) is 6.44. The average molecular weight is 330 g/mol. The smallest absolute Gasteiger partial charge is 0.223 e. The standard InChI is InChI=1S/C18H26N4O2/c23-16-20-10-14-22(15-11-20)18(24)6-7-19-8-12-21(13-9-19)17-4-2-1-3-5-17/h1-5,16H,6-15H2. The van der Waals surface area contributed by atoms with Gasteiger partial charge in [-0.05, 0) is 12.1 Å². The first-order valence-electron chi connectivity index (χ1n) is 8.76. The first-order chi connectivity index (χ1) is 11.8. The van der Waals surface area contributed by atoms with Crippen molar-refractivity contribution in [2.75, 3.05) is 63.8 Å². The molecule has 0 spiro atoms. The van der Waals surface area contributed by atoms with Crippen LogP contribution in [-0.4, -0.2) is 85.9 Å². The van der Waals surface area contributed by atoms with Crippen molar-refractivity contribution in [2.45, 2.75) is 6.42 Å². The molecule has 2 aliphatic heterocycles. The SMILES string of the molecule is O=CN1CCN(C(=O)CCN2CCN(c3ccccc3)CC2)CC1. The Balaban J connectivity index is 1.37. The minimum Gasteiger partial charge on any atom is -0.369 e. The van der Waals surface area contributed by atoms with Gasteiger partial charge in [-0.25, -0.2) is 0 Å². The highest BCUT2D eigenvalue weighted by Gasteiger charge is 2.22. The molecule has 2 aliphatic rings. The number of anilines is 1. The summed E-state index contributed by atoms with van der Waals surface area (Å²) >= 11 is 0. The number of amides is 2. The summed E-state index contributed by atoms with van der Waals surface area (Å²) in [5.74, 6) is 0.214. The lowest BCUT2D eigenvalue weighted by Gasteiger charge is -2.37. The van der Waals surface area contributed by atoms with Crippen molar-refractivity contribution >= 4 is 18.0 Å². The molecule has 2 amide bonds. The van der Waals surface area contributed by atoms with Gasteiger partial charge in [0.25, 0.3) is 0 Å². The molecule has 0 bridgehead atoms. The van der Waals surface area contributed by atoms with E-state index in [1.807, 2.05) is 11.0 Å². The minimum absolute atomic E-state index is 0.214. The number of carbonyl (C=O) groups excluding carboxylic acids is 2. The van der Waals surface area contributed by atoms with Crippen LogP contribution < -0.4 is 4.90 Å². The number of carbonyl (C=O) groups is 2. The van der Waals surface area contributed by atoms with Gasteiger partial charge in [0.15, 0.2) is 0 Å². The van der Waals surface area contributed by atoms with E-state index in [1.165, 1.54) is 5.69 Å². The van der Waals surface area contributed by atoms with Gasteiger partial charge in [-0.1, -0.05) is 18.2 Å². The Hall–Kier alpha value is -2.08. The lowest BCUT2D eigenvalue weighted by molar-refractivity contribution is -0.135. The van der Waals surface area contributed by atoms with Gasteiger partial charge >= 0.3 is 0 Å². The second kappa shape index (κ2) is 8.15. The summed E-state index contributed by atoms with van der Waals surface area (Å²) < 4.78 is 0. The average Bonchev–Trinajstić information content (AvgIpc) is 2.67. The van der Waals surface area contributed by atoms with E-state index in [4.69, 9.17) is 0 Å². The van der Waals surface area contributed by atoms with Gasteiger partial charge < -0.3 is 14.7 Å². The molecule has 2 heterocycles. The van der Waals surface area contributed by atoms with E-state index in [-0.39, 0.29) is 5.91 Å². The van der Waals surface area contributed by atoms with Crippen LogP contribution in [0.15, 0.2) is 30.3 Å². The molecule has 24 heavy (non-hydrogen) atoms. The van der Waals surface area contributed by atoms with Crippen molar-refractivity contribution in [3.63, 3.8) is 0 Å². The molecule has 6 nitrogen and oxygen atoms in total. The zero-order chi connectivity index (χ0) is 16.8. The van der Waals surface area contributed by atoms with Crippen LogP contribution in [0, 0.1) is 0 Å². The Labute approximate surface area is 143 Å². The van der Waals surface area contributed by atoms with Crippen LogP contribution in [0.3, 0.4) is 0 Å². The molecule has 6 heteroatoms. The molecular weight excluding hydrogens is 304 g/mol. The molecule has 1 aromatic rings. The maximum absolute atomic E-state index is 12.3. The van der Waals surface area contributed by atoms with Crippen molar-refractivity contribution < 1.29 is 9.59 Å². The third kappa shape index (κ3) is 4.26. The lowest BCUT2D eigenvalue weighted by atomic mass is 10.2. The Morgan fingerprint density at radius 1 is 0.917 bits per heavy atom. The van der Waals surface area contributed by atoms with Gasteiger partial charge in [0.2, 0.25) is 12.3 Å². The molecule has 3 rings (SSSR count). The highest BCUT2D eigenvalue weighted by molar-refractivity contribution is 5.76. The first kappa shape index (κ1) is 16.8. The van der Waals surface area contributed by atoms with Gasteiger partial charge in [-0.2, -0.15) is 0 Å². The number of para-hydroxylation sites is 1. The fourth-order valence-corrected chi connectivity index (χ4v) is 3.36. The van der Waals surface area contributed by atoms with Crippen LogP contribution in [0.1, 0.15) is 6.42 Å². The summed E-state index contributed by atoms with van der Waals surface area (Å²) in [6.45, 7) is 7.50. The molecule has 2 saturated heterocycles. The second-order valence-corrected chi connectivity index (χ2v) is 6.44. The Morgan fingerprint density at radius 2 is 1.58 bits per heavy atom. The van der Waals surface area contributed by atoms with Crippen molar-refractivity contribution in [1.29, 1.82) is 0 Å². The van der Waals surface area contributed by atoms with Crippen LogP contribution in [0.4, 0.5) is 5.69 Å². The van der Waals surface area contributed by atoms with Crippen LogP contribution in [0.2, 0.25) is 0 Å². The maximum Gasteiger partial charge on any atom is 0.223 e. The fourth-order valence-electron chi connectivity index (χ4n) is 3.36. The van der Waals surface area contributed by atoms with E-state index in [0.29, 0.717) is 32.6 Å². The van der Waals surface area contributed by atoms with Crippen LogP contribution in [0.5, 0.6) is 0 Å². The number of rotatable bonds is 5. The predicted octanol–water partition coefficient (Wildman–Crippen LogP) is 0.499. The van der Waals surface area contributed by atoms with Gasteiger partial charge in [-0.3, -0.25) is 14.5 Å². The highest BCUT2D eigenvalue weighted by Crippen LogP contribution is 2.15. The number of nitrogens with zero attached hydrogens (tertiary/aromatic N) is 4. The summed E-state index contributed by atoms with van der Waals surface area (Å²) in [5.41, 5.74) is 1.28. The Bertz CT molecular complexity index is 535. The van der Waals surface area contributed by atoms with Crippen molar-refractivity contribution in [1.82, 2.24) is 14.7 Å². The molecule has 0 aromatic heterocycles. The summed E-state index contributed by atoms with van der Waals surface area (Å²) in [7, 11) is 0. The van der Waals surface area contributed by atoms with Crippen LogP contribution >= 0.6 is 0 Å². The zero-order valence-electron chi connectivity index (χ0n) is 14.1. The Kier molecular flexibility index (Phi) is 5.69. The van der Waals surface area contributed by atoms with Crippen molar-refractivity contribution in [3.05, 3.63) is 30.3 Å². The number of hydrogen-bond acceptors (Lipinski definition) is 4. The van der Waals surface area contributed by atoms with Gasteiger partial charge in [-0.15, -0.1) is 0 Å². The number of hydrogen-bond donors (Lipinski definition) is 0. The topological polar surface area (TPSA) is 47.1 Å². The third-order valence-corrected chi connectivity index (χ3v) is 4.95. The molecule has 0 N–H and O–H groups in total. The Morgan fingerprint density at radius 3 is 2.21 bits per heavy atom. The maximum atomic E-state index is 12.3. The lowest BCUT2D eigenvalue weighted by Crippen LogP contribution is -2.50. The molecule has 2 fully saturated rings. The molecule has 0 atom stereocenters. The molecule has 0 saturated carbocycles. The minimum atomic E-state index is 0.214. The van der Waals surface area contributed by atoms with Crippen molar-refractivity contribution in [3.8, 4) is 0 Å². The molecule has 0 radical (unpaired) electrons. The van der Waals surface area contributed by atoms with Gasteiger partial charge in [0.05, 0.1) is 0 Å². The fraction of sp³-hybridized carbons (Fsp3) is 0.556. The quantitative estimate of drug-likeness (QED) is 0.738. The van der Waals surface area contributed by atoms with Gasteiger partial charge in [0.1, 0.15) is 0 Å². The summed E-state index contributed by atoms with van der Waals surface area (Å²) in [4.78, 5) is 31.4. The van der Waals surface area contributed by atoms with E-state index in [9.17, 15) is 9.59 Å². The van der Waals surface area contributed by atoms with E-state index in [2.05, 4.69) is 34.1 Å². The van der Waals surface area contributed by atoms with E-state index in [0.717, 1.165) is 39.1 Å². The largest absolute Gasteiger partial charge is 0.369 e. The highest BCUT2D eigenvalue weighted by atomic mass is 16.2. The third-order valence-electron chi connectivity index (χ3n) is 4.95. The normalized spacial score (nSPS) is 19.4. The van der Waals surface area contributed by atoms with Gasteiger partial charge in [0, 0.05) is 71.0 Å². The van der Waals surface area contributed by atoms with E-state index >= 15 is 0 Å². The number of benzene rings is 1. The van der Waals surface area contributed by atoms with E-state index in [1.54, 1.807) is 4.90 Å².